The molecule has 7 heteroatoms. The Kier molecular flexibility index (Phi) is 5.52. The van der Waals surface area contributed by atoms with Crippen LogP contribution < -0.4 is 0 Å². The third kappa shape index (κ3) is 3.62. The molecule has 2 atom stereocenters. The van der Waals surface area contributed by atoms with E-state index in [1.165, 1.54) is 12.1 Å². The van der Waals surface area contributed by atoms with Gasteiger partial charge in [-0.25, -0.2) is 9.07 Å². The predicted molar refractivity (Wildman–Crippen MR) is 88.0 cm³/mol. The molecule has 0 spiro atoms. The molecule has 0 amide bonds. The molecular weight excluding hydrogens is 309 g/mol. The van der Waals surface area contributed by atoms with Crippen molar-refractivity contribution in [2.75, 3.05) is 19.7 Å². The molecule has 1 aliphatic rings. The van der Waals surface area contributed by atoms with E-state index in [0.29, 0.717) is 6.54 Å². The summed E-state index contributed by atoms with van der Waals surface area (Å²) in [4.78, 5) is 2.27. The Morgan fingerprint density at radius 1 is 1.29 bits per heavy atom. The molecule has 0 bridgehead atoms. The number of halogens is 1. The van der Waals surface area contributed by atoms with E-state index in [-0.39, 0.29) is 18.0 Å². The Bertz CT molecular complexity index is 635. The first-order valence-electron chi connectivity index (χ1n) is 8.60. The maximum absolute atomic E-state index is 13.3. The second-order valence-electron chi connectivity index (χ2n) is 6.03. The lowest BCUT2D eigenvalue weighted by Gasteiger charge is -2.29. The fraction of sp³-hybridized carbons (Fsp3) is 0.588. The average Bonchev–Trinajstić information content (AvgIpc) is 3.26. The average molecular weight is 333 g/mol. The zero-order chi connectivity index (χ0) is 16.9. The van der Waals surface area contributed by atoms with Gasteiger partial charge < -0.3 is 4.74 Å². The van der Waals surface area contributed by atoms with Gasteiger partial charge in [0.05, 0.1) is 18.7 Å². The van der Waals surface area contributed by atoms with Gasteiger partial charge in [-0.3, -0.25) is 4.90 Å². The standard InChI is InChI=1S/C17H24FN5O/c1-3-22(4-2)16(13-7-9-14(18)10-8-13)17-19-20-21-23(17)12-15-6-5-11-24-15/h7-10,15-16H,3-6,11-12H2,1-2H3/t15-,16+/m1/s1. The van der Waals surface area contributed by atoms with Crippen LogP contribution in [0.25, 0.3) is 0 Å². The van der Waals surface area contributed by atoms with Gasteiger partial charge in [0.1, 0.15) is 5.82 Å². The van der Waals surface area contributed by atoms with Gasteiger partial charge in [0, 0.05) is 6.61 Å². The number of tetrazole rings is 1. The zero-order valence-corrected chi connectivity index (χ0v) is 14.2. The molecular formula is C17H24FN5O. The molecule has 1 aromatic heterocycles. The SMILES string of the molecule is CCN(CC)[C@@H](c1ccc(F)cc1)c1nnnn1C[C@H]1CCCO1. The lowest BCUT2D eigenvalue weighted by atomic mass is 10.0. The molecule has 24 heavy (non-hydrogen) atoms. The normalized spacial score (nSPS) is 19.1. The topological polar surface area (TPSA) is 56.1 Å². The molecule has 1 aromatic carbocycles. The Morgan fingerprint density at radius 3 is 2.67 bits per heavy atom. The lowest BCUT2D eigenvalue weighted by Crippen LogP contribution is -2.32. The summed E-state index contributed by atoms with van der Waals surface area (Å²) in [5.74, 6) is 0.539. The third-order valence-corrected chi connectivity index (χ3v) is 4.57. The van der Waals surface area contributed by atoms with Gasteiger partial charge >= 0.3 is 0 Å². The maximum Gasteiger partial charge on any atom is 0.173 e. The maximum atomic E-state index is 13.3. The first kappa shape index (κ1) is 17.0. The van der Waals surface area contributed by atoms with Crippen LogP contribution >= 0.6 is 0 Å². The van der Waals surface area contributed by atoms with E-state index >= 15 is 0 Å². The largest absolute Gasteiger partial charge is 0.376 e. The Morgan fingerprint density at radius 2 is 2.04 bits per heavy atom. The molecule has 0 N–H and O–H groups in total. The van der Waals surface area contributed by atoms with Gasteiger partial charge in [-0.1, -0.05) is 26.0 Å². The zero-order valence-electron chi connectivity index (χ0n) is 14.2. The van der Waals surface area contributed by atoms with Crippen molar-refractivity contribution < 1.29 is 9.13 Å². The summed E-state index contributed by atoms with van der Waals surface area (Å²) in [6.45, 7) is 7.38. The predicted octanol–water partition coefficient (Wildman–Crippen LogP) is 2.42. The molecule has 0 unspecified atom stereocenters. The van der Waals surface area contributed by atoms with Gasteiger partial charge in [-0.15, -0.1) is 5.10 Å². The van der Waals surface area contributed by atoms with Gasteiger partial charge in [0.2, 0.25) is 0 Å². The molecule has 1 saturated heterocycles. The molecule has 2 aromatic rings. The molecule has 0 radical (unpaired) electrons. The second-order valence-corrected chi connectivity index (χ2v) is 6.03. The highest BCUT2D eigenvalue weighted by molar-refractivity contribution is 5.25. The number of rotatable bonds is 7. The summed E-state index contributed by atoms with van der Waals surface area (Å²) < 4.78 is 20.9. The number of ether oxygens (including phenoxy) is 1. The van der Waals surface area contributed by atoms with Gasteiger partial charge in [-0.05, 0) is 54.1 Å². The first-order valence-corrected chi connectivity index (χ1v) is 8.60. The van der Waals surface area contributed by atoms with Gasteiger partial charge in [-0.2, -0.15) is 0 Å². The minimum atomic E-state index is -0.240. The van der Waals surface area contributed by atoms with Crippen molar-refractivity contribution in [3.8, 4) is 0 Å². The van der Waals surface area contributed by atoms with Gasteiger partial charge in [0.25, 0.3) is 0 Å². The van der Waals surface area contributed by atoms with E-state index in [0.717, 1.165) is 43.9 Å². The smallest absolute Gasteiger partial charge is 0.173 e. The van der Waals surface area contributed by atoms with E-state index in [2.05, 4.69) is 34.3 Å². The van der Waals surface area contributed by atoms with Crippen LogP contribution in [-0.4, -0.2) is 50.9 Å². The van der Waals surface area contributed by atoms with Crippen LogP contribution in [0.5, 0.6) is 0 Å². The quantitative estimate of drug-likeness (QED) is 0.779. The van der Waals surface area contributed by atoms with Crippen molar-refractivity contribution in [3.05, 3.63) is 41.5 Å². The van der Waals surface area contributed by atoms with Crippen molar-refractivity contribution >= 4 is 0 Å². The van der Waals surface area contributed by atoms with Crippen LogP contribution in [0.3, 0.4) is 0 Å². The molecule has 130 valence electrons. The molecule has 2 heterocycles. The number of benzene rings is 1. The Balaban J connectivity index is 1.93. The molecule has 0 aliphatic carbocycles. The fourth-order valence-corrected chi connectivity index (χ4v) is 3.28. The minimum Gasteiger partial charge on any atom is -0.376 e. The fourth-order valence-electron chi connectivity index (χ4n) is 3.28. The van der Waals surface area contributed by atoms with E-state index in [1.54, 1.807) is 0 Å². The Hall–Kier alpha value is -1.86. The summed E-state index contributed by atoms with van der Waals surface area (Å²) in [5, 5.41) is 12.3. The summed E-state index contributed by atoms with van der Waals surface area (Å²) in [6, 6.07) is 6.49. The van der Waals surface area contributed by atoms with E-state index in [1.807, 2.05) is 16.8 Å². The highest BCUT2D eigenvalue weighted by Crippen LogP contribution is 2.27. The Labute approximate surface area is 141 Å². The van der Waals surface area contributed by atoms with Gasteiger partial charge in [0.15, 0.2) is 5.82 Å². The number of hydrogen-bond donors (Lipinski definition) is 0. The van der Waals surface area contributed by atoms with E-state index in [9.17, 15) is 4.39 Å². The van der Waals surface area contributed by atoms with E-state index in [4.69, 9.17) is 4.74 Å². The lowest BCUT2D eigenvalue weighted by molar-refractivity contribution is 0.0910. The molecule has 6 nitrogen and oxygen atoms in total. The van der Waals surface area contributed by atoms with Crippen molar-refractivity contribution in [1.29, 1.82) is 0 Å². The van der Waals surface area contributed by atoms with Crippen LogP contribution in [0, 0.1) is 5.82 Å². The summed E-state index contributed by atoms with van der Waals surface area (Å²) >= 11 is 0. The highest BCUT2D eigenvalue weighted by atomic mass is 19.1. The van der Waals surface area contributed by atoms with Crippen LogP contribution in [-0.2, 0) is 11.3 Å². The summed E-state index contributed by atoms with van der Waals surface area (Å²) in [6.07, 6.45) is 2.28. The monoisotopic (exact) mass is 333 g/mol. The van der Waals surface area contributed by atoms with Crippen LogP contribution in [0.15, 0.2) is 24.3 Å². The number of hydrogen-bond acceptors (Lipinski definition) is 5. The number of nitrogens with zero attached hydrogens (tertiary/aromatic N) is 5. The number of aromatic nitrogens is 4. The second kappa shape index (κ2) is 7.81. The van der Waals surface area contributed by atoms with Crippen molar-refractivity contribution in [1.82, 2.24) is 25.1 Å². The van der Waals surface area contributed by atoms with Crippen molar-refractivity contribution in [2.45, 2.75) is 45.4 Å². The molecule has 0 saturated carbocycles. The van der Waals surface area contributed by atoms with Crippen LogP contribution in [0.2, 0.25) is 0 Å². The third-order valence-electron chi connectivity index (χ3n) is 4.57. The van der Waals surface area contributed by atoms with Crippen molar-refractivity contribution in [2.24, 2.45) is 0 Å². The molecule has 3 rings (SSSR count). The summed E-state index contributed by atoms with van der Waals surface area (Å²) in [5.41, 5.74) is 0.989. The van der Waals surface area contributed by atoms with Crippen LogP contribution in [0.4, 0.5) is 4.39 Å². The van der Waals surface area contributed by atoms with E-state index < -0.39 is 0 Å². The van der Waals surface area contributed by atoms with Crippen LogP contribution in [0.1, 0.15) is 44.1 Å². The van der Waals surface area contributed by atoms with Crippen molar-refractivity contribution in [3.63, 3.8) is 0 Å². The molecule has 1 fully saturated rings. The first-order chi connectivity index (χ1) is 11.7. The minimum absolute atomic E-state index is 0.1000. The molecule has 1 aliphatic heterocycles. The highest BCUT2D eigenvalue weighted by Gasteiger charge is 2.28. The summed E-state index contributed by atoms with van der Waals surface area (Å²) in [7, 11) is 0.